The molecular weight excluding hydrogens is 821 g/mol. The molecule has 1 aliphatic carbocycles. The smallest absolute Gasteiger partial charge is 0.159 e. The van der Waals surface area contributed by atoms with E-state index in [9.17, 15) is 10.5 Å². The van der Waals surface area contributed by atoms with Gasteiger partial charge in [-0.1, -0.05) is 117 Å². The molecule has 13 rings (SSSR count). The van der Waals surface area contributed by atoms with Crippen LogP contribution in [-0.2, 0) is 5.41 Å². The molecule has 0 aliphatic heterocycles. The van der Waals surface area contributed by atoms with Crippen molar-refractivity contribution in [1.82, 2.24) is 0 Å². The second-order valence-electron chi connectivity index (χ2n) is 17.9. The van der Waals surface area contributed by atoms with Crippen LogP contribution in [0.1, 0.15) is 36.1 Å². The molecule has 0 radical (unpaired) electrons. The van der Waals surface area contributed by atoms with Crippen molar-refractivity contribution in [3.8, 4) is 23.3 Å². The largest absolute Gasteiger partial charge is 0.454 e. The van der Waals surface area contributed by atoms with Crippen LogP contribution in [0.3, 0.4) is 0 Å². The van der Waals surface area contributed by atoms with Gasteiger partial charge in [-0.2, -0.15) is 10.5 Å². The van der Waals surface area contributed by atoms with E-state index in [-0.39, 0.29) is 0 Å². The third-order valence-corrected chi connectivity index (χ3v) is 13.8. The second kappa shape index (κ2) is 14.5. The van der Waals surface area contributed by atoms with E-state index in [2.05, 4.69) is 151 Å². The first-order valence-electron chi connectivity index (χ1n) is 22.4. The second-order valence-corrected chi connectivity index (χ2v) is 17.9. The third kappa shape index (κ3) is 5.67. The van der Waals surface area contributed by atoms with Gasteiger partial charge in [0.25, 0.3) is 0 Å². The topological polar surface area (TPSA) is 80.3 Å². The van der Waals surface area contributed by atoms with E-state index in [1.807, 2.05) is 78.9 Å². The maximum Gasteiger partial charge on any atom is 0.159 e. The number of nitriles is 2. The fraction of sp³-hybridized carbons (Fsp3) is 0.0492. The lowest BCUT2D eigenvalue weighted by Gasteiger charge is -2.30. The summed E-state index contributed by atoms with van der Waals surface area (Å²) in [6, 6.07) is 71.7. The number of rotatable bonds is 6. The molecule has 0 amide bonds. The van der Waals surface area contributed by atoms with Crippen molar-refractivity contribution in [3.63, 3.8) is 0 Å². The Morgan fingerprint density at radius 2 is 0.940 bits per heavy atom. The summed E-state index contributed by atoms with van der Waals surface area (Å²) in [5, 5.41) is 28.4. The number of anilines is 6. The van der Waals surface area contributed by atoms with Crippen LogP contribution in [0.4, 0.5) is 34.1 Å². The van der Waals surface area contributed by atoms with Gasteiger partial charge in [0.15, 0.2) is 11.2 Å². The molecule has 0 N–H and O–H groups in total. The SMILES string of the molecule is CC1(C)c2cc3ccccc3c(N(c3ccc(C#N)cc3)c3cccc4c3oc3ccccc34)c2-c2ccc3cc(N(c4ccc(C#N)cc4)c4cccc5c4oc4ccccc45)ccc3c21. The minimum Gasteiger partial charge on any atom is -0.454 e. The van der Waals surface area contributed by atoms with Crippen LogP contribution in [-0.4, -0.2) is 0 Å². The summed E-state index contributed by atoms with van der Waals surface area (Å²) in [7, 11) is 0. The van der Waals surface area contributed by atoms with Gasteiger partial charge in [-0.05, 0) is 124 Å². The van der Waals surface area contributed by atoms with Crippen molar-refractivity contribution in [3.05, 3.63) is 216 Å². The fourth-order valence-electron chi connectivity index (χ4n) is 10.8. The maximum absolute atomic E-state index is 9.90. The first kappa shape index (κ1) is 38.4. The van der Waals surface area contributed by atoms with Crippen molar-refractivity contribution < 1.29 is 8.83 Å². The highest BCUT2D eigenvalue weighted by Gasteiger charge is 2.41. The van der Waals surface area contributed by atoms with E-state index in [4.69, 9.17) is 8.83 Å². The van der Waals surface area contributed by atoms with Crippen LogP contribution >= 0.6 is 0 Å². The summed E-state index contributed by atoms with van der Waals surface area (Å²) < 4.78 is 13.4. The fourth-order valence-corrected chi connectivity index (χ4v) is 10.8. The summed E-state index contributed by atoms with van der Waals surface area (Å²) >= 11 is 0. The molecule has 2 aromatic heterocycles. The zero-order chi connectivity index (χ0) is 45.0. The molecule has 6 heteroatoms. The van der Waals surface area contributed by atoms with Crippen LogP contribution in [0.25, 0.3) is 76.5 Å². The average molecular weight is 859 g/mol. The molecule has 2 heterocycles. The highest BCUT2D eigenvalue weighted by Crippen LogP contribution is 2.59. The van der Waals surface area contributed by atoms with Gasteiger partial charge in [-0.25, -0.2) is 0 Å². The Labute approximate surface area is 386 Å². The molecular formula is C61H38N4O2. The molecule has 10 aromatic carbocycles. The van der Waals surface area contributed by atoms with Crippen molar-refractivity contribution in [1.29, 1.82) is 10.5 Å². The Bertz CT molecular complexity index is 4110. The Morgan fingerprint density at radius 3 is 1.55 bits per heavy atom. The predicted octanol–water partition coefficient (Wildman–Crippen LogP) is 16.8. The summed E-state index contributed by atoms with van der Waals surface area (Å²) in [5.41, 5.74) is 14.6. The highest BCUT2D eigenvalue weighted by molar-refractivity contribution is 6.16. The molecule has 0 spiro atoms. The minimum absolute atomic E-state index is 0.404. The van der Waals surface area contributed by atoms with Crippen molar-refractivity contribution in [2.45, 2.75) is 19.3 Å². The standard InChI is InChI=1S/C61H38N4O2/c1-61(2)51-34-39-11-3-4-12-45(39)58(65(42-28-23-38(36-63)24-29-42)53-18-10-16-49-47-14-6-8-20-55(47)67-60(49)53)56(51)50-31-25-40-33-43(30-32-44(40)57(50)61)64(41-26-21-37(35-62)22-27-41)52-17-9-15-48-46-13-5-7-19-54(46)66-59(48)52/h3-34H,1-2H3. The molecule has 0 unspecified atom stereocenters. The first-order chi connectivity index (χ1) is 32.9. The van der Waals surface area contributed by atoms with E-state index in [0.29, 0.717) is 11.1 Å². The zero-order valence-electron chi connectivity index (χ0n) is 36.6. The van der Waals surface area contributed by atoms with Gasteiger partial charge in [0.2, 0.25) is 0 Å². The summed E-state index contributed by atoms with van der Waals surface area (Å²) in [6.45, 7) is 4.70. The predicted molar refractivity (Wildman–Crippen MR) is 272 cm³/mol. The van der Waals surface area contributed by atoms with E-state index in [0.717, 1.165) is 99.7 Å². The lowest BCUT2D eigenvalue weighted by Crippen LogP contribution is -2.17. The molecule has 0 bridgehead atoms. The summed E-state index contributed by atoms with van der Waals surface area (Å²) in [5.74, 6) is 0. The van der Waals surface area contributed by atoms with Crippen molar-refractivity contribution in [2.24, 2.45) is 0 Å². The molecule has 0 saturated heterocycles. The molecule has 314 valence electrons. The van der Waals surface area contributed by atoms with Gasteiger partial charge in [0, 0.05) is 55.0 Å². The molecule has 0 saturated carbocycles. The molecule has 6 nitrogen and oxygen atoms in total. The zero-order valence-corrected chi connectivity index (χ0v) is 36.6. The van der Waals surface area contributed by atoms with Gasteiger partial charge >= 0.3 is 0 Å². The molecule has 1 aliphatic rings. The van der Waals surface area contributed by atoms with E-state index in [1.165, 1.54) is 22.1 Å². The normalized spacial score (nSPS) is 12.7. The summed E-state index contributed by atoms with van der Waals surface area (Å²) in [6.07, 6.45) is 0. The number of fused-ring (bicyclic) bond motifs is 12. The molecule has 12 aromatic rings. The maximum atomic E-state index is 9.90. The lowest BCUT2D eigenvalue weighted by molar-refractivity contribution is 0.667. The van der Waals surface area contributed by atoms with Gasteiger partial charge in [0.1, 0.15) is 11.2 Å². The van der Waals surface area contributed by atoms with Crippen LogP contribution in [0.15, 0.2) is 203 Å². The number of para-hydroxylation sites is 4. The number of furan rings is 2. The first-order valence-corrected chi connectivity index (χ1v) is 22.4. The van der Waals surface area contributed by atoms with Gasteiger partial charge in [0.05, 0.1) is 40.3 Å². The minimum atomic E-state index is -0.404. The van der Waals surface area contributed by atoms with Gasteiger partial charge in [-0.15, -0.1) is 0 Å². The summed E-state index contributed by atoms with van der Waals surface area (Å²) in [4.78, 5) is 4.58. The monoisotopic (exact) mass is 858 g/mol. The van der Waals surface area contributed by atoms with Crippen LogP contribution in [0, 0.1) is 22.7 Å². The quantitative estimate of drug-likeness (QED) is 0.166. The Kier molecular flexibility index (Phi) is 8.28. The number of benzene rings is 10. The number of nitrogens with zero attached hydrogens (tertiary/aromatic N) is 4. The van der Waals surface area contributed by atoms with E-state index < -0.39 is 5.41 Å². The van der Waals surface area contributed by atoms with E-state index in [1.54, 1.807) is 0 Å². The lowest BCUT2D eigenvalue weighted by atomic mass is 9.79. The third-order valence-electron chi connectivity index (χ3n) is 13.8. The molecule has 0 atom stereocenters. The van der Waals surface area contributed by atoms with Crippen molar-refractivity contribution in [2.75, 3.05) is 9.80 Å². The van der Waals surface area contributed by atoms with Crippen LogP contribution in [0.2, 0.25) is 0 Å². The van der Waals surface area contributed by atoms with Gasteiger partial charge < -0.3 is 18.6 Å². The van der Waals surface area contributed by atoms with Crippen molar-refractivity contribution >= 4 is 99.5 Å². The number of hydrogen-bond donors (Lipinski definition) is 0. The van der Waals surface area contributed by atoms with E-state index >= 15 is 0 Å². The Hall–Kier alpha value is -9.10. The average Bonchev–Trinajstić information content (AvgIpc) is 4.02. The van der Waals surface area contributed by atoms with Gasteiger partial charge in [-0.3, -0.25) is 0 Å². The van der Waals surface area contributed by atoms with Crippen LogP contribution in [0.5, 0.6) is 0 Å². The number of hydrogen-bond acceptors (Lipinski definition) is 6. The van der Waals surface area contributed by atoms with Crippen LogP contribution < -0.4 is 9.80 Å². The Morgan fingerprint density at radius 1 is 0.433 bits per heavy atom. The molecule has 0 fully saturated rings. The molecule has 67 heavy (non-hydrogen) atoms. The highest BCUT2D eigenvalue weighted by atomic mass is 16.3. The Balaban J connectivity index is 1.05.